The van der Waals surface area contributed by atoms with Gasteiger partial charge in [0.05, 0.1) is 5.66 Å². The fourth-order valence-electron chi connectivity index (χ4n) is 6.16. The summed E-state index contributed by atoms with van der Waals surface area (Å²) in [5.41, 5.74) is 12.7. The predicted molar refractivity (Wildman–Crippen MR) is 110 cm³/mol. The molecule has 0 aromatic heterocycles. The van der Waals surface area contributed by atoms with Crippen molar-refractivity contribution in [3.05, 3.63) is 0 Å². The largest absolute Gasteiger partial charge is 0.313 e. The van der Waals surface area contributed by atoms with Crippen LogP contribution in [0.25, 0.3) is 0 Å². The molecule has 0 saturated heterocycles. The van der Waals surface area contributed by atoms with Gasteiger partial charge >= 0.3 is 0 Å². The van der Waals surface area contributed by atoms with Crippen LogP contribution in [0.3, 0.4) is 0 Å². The Kier molecular flexibility index (Phi) is 7.42. The maximum Gasteiger partial charge on any atom is 0.0694 e. The zero-order valence-corrected chi connectivity index (χ0v) is 17.9. The molecule has 2 nitrogen and oxygen atoms in total. The van der Waals surface area contributed by atoms with Crippen molar-refractivity contribution in [3.8, 4) is 0 Å². The standard InChI is InChI=1S/C23H46N2/c1-7-21-12-18(13-22(8-2)23(21,24)25)9-17-10-19(15(3)4)14-20(11-17)16(5)6/h15-22H,7-14,24-25H2,1-6H3. The summed E-state index contributed by atoms with van der Waals surface area (Å²) in [7, 11) is 0. The Balaban J connectivity index is 2.04. The summed E-state index contributed by atoms with van der Waals surface area (Å²) in [5, 5.41) is 0. The third-order valence-corrected chi connectivity index (χ3v) is 8.07. The lowest BCUT2D eigenvalue weighted by Gasteiger charge is -2.48. The summed E-state index contributed by atoms with van der Waals surface area (Å²) in [6.07, 6.45) is 10.6. The topological polar surface area (TPSA) is 52.0 Å². The van der Waals surface area contributed by atoms with E-state index >= 15 is 0 Å². The number of hydrogen-bond acceptors (Lipinski definition) is 2. The van der Waals surface area contributed by atoms with E-state index in [1.807, 2.05) is 0 Å². The van der Waals surface area contributed by atoms with E-state index in [-0.39, 0.29) is 0 Å². The Hall–Kier alpha value is -0.0800. The van der Waals surface area contributed by atoms with E-state index in [0.29, 0.717) is 11.8 Å². The molecule has 0 aliphatic heterocycles. The van der Waals surface area contributed by atoms with Gasteiger partial charge in [-0.2, -0.15) is 0 Å². The van der Waals surface area contributed by atoms with Gasteiger partial charge in [-0.25, -0.2) is 0 Å². The van der Waals surface area contributed by atoms with Crippen molar-refractivity contribution in [1.82, 2.24) is 0 Å². The molecule has 0 amide bonds. The van der Waals surface area contributed by atoms with Crippen LogP contribution < -0.4 is 11.5 Å². The first-order valence-corrected chi connectivity index (χ1v) is 11.3. The number of rotatable bonds is 6. The first-order valence-electron chi connectivity index (χ1n) is 11.3. The second-order valence-corrected chi connectivity index (χ2v) is 10.4. The molecular weight excluding hydrogens is 304 g/mol. The van der Waals surface area contributed by atoms with E-state index in [2.05, 4.69) is 41.5 Å². The maximum absolute atomic E-state index is 6.58. The Morgan fingerprint density at radius 2 is 1.12 bits per heavy atom. The summed E-state index contributed by atoms with van der Waals surface area (Å²) < 4.78 is 0. The normalized spacial score (nSPS) is 39.1. The van der Waals surface area contributed by atoms with Gasteiger partial charge in [-0.3, -0.25) is 0 Å². The lowest BCUT2D eigenvalue weighted by atomic mass is 9.61. The molecule has 0 aromatic carbocycles. The van der Waals surface area contributed by atoms with Crippen LogP contribution in [0.4, 0.5) is 0 Å². The van der Waals surface area contributed by atoms with E-state index in [9.17, 15) is 0 Å². The summed E-state index contributed by atoms with van der Waals surface area (Å²) in [6.45, 7) is 14.3. The van der Waals surface area contributed by atoms with Gasteiger partial charge in [0.2, 0.25) is 0 Å². The van der Waals surface area contributed by atoms with Crippen LogP contribution in [0.5, 0.6) is 0 Å². The van der Waals surface area contributed by atoms with Gasteiger partial charge in [-0.05, 0) is 85.9 Å². The molecule has 2 saturated carbocycles. The predicted octanol–water partition coefficient (Wildman–Crippen LogP) is 5.80. The van der Waals surface area contributed by atoms with E-state index in [1.54, 1.807) is 0 Å². The molecule has 0 bridgehead atoms. The molecule has 2 aliphatic carbocycles. The van der Waals surface area contributed by atoms with Gasteiger partial charge < -0.3 is 11.5 Å². The minimum absolute atomic E-state index is 0.437. The summed E-state index contributed by atoms with van der Waals surface area (Å²) >= 11 is 0. The first kappa shape index (κ1) is 21.2. The van der Waals surface area contributed by atoms with Gasteiger partial charge in [0, 0.05) is 0 Å². The zero-order chi connectivity index (χ0) is 18.8. The molecule has 2 rings (SSSR count). The van der Waals surface area contributed by atoms with Gasteiger partial charge in [0.1, 0.15) is 0 Å². The van der Waals surface area contributed by atoms with Crippen LogP contribution in [0.2, 0.25) is 0 Å². The Morgan fingerprint density at radius 3 is 1.48 bits per heavy atom. The molecule has 0 spiro atoms. The molecule has 2 heteroatoms. The number of hydrogen-bond donors (Lipinski definition) is 2. The fourth-order valence-corrected chi connectivity index (χ4v) is 6.16. The van der Waals surface area contributed by atoms with E-state index in [4.69, 9.17) is 11.5 Å². The van der Waals surface area contributed by atoms with Gasteiger partial charge in [0.25, 0.3) is 0 Å². The highest BCUT2D eigenvalue weighted by molar-refractivity contribution is 4.97. The molecule has 4 unspecified atom stereocenters. The van der Waals surface area contributed by atoms with Crippen LogP contribution in [-0.2, 0) is 0 Å². The van der Waals surface area contributed by atoms with Gasteiger partial charge in [0.15, 0.2) is 0 Å². The second-order valence-electron chi connectivity index (χ2n) is 10.4. The average molecular weight is 351 g/mol. The third-order valence-electron chi connectivity index (χ3n) is 8.07. The molecule has 148 valence electrons. The van der Waals surface area contributed by atoms with Crippen molar-refractivity contribution in [2.24, 2.45) is 58.8 Å². The molecular formula is C23H46N2. The van der Waals surface area contributed by atoms with Crippen molar-refractivity contribution >= 4 is 0 Å². The molecule has 25 heavy (non-hydrogen) atoms. The monoisotopic (exact) mass is 350 g/mol. The van der Waals surface area contributed by atoms with Crippen LogP contribution in [0.15, 0.2) is 0 Å². The van der Waals surface area contributed by atoms with Crippen LogP contribution in [0, 0.1) is 47.3 Å². The van der Waals surface area contributed by atoms with Gasteiger partial charge in [-0.15, -0.1) is 0 Å². The lowest BCUT2D eigenvalue weighted by molar-refractivity contribution is 0.0441. The van der Waals surface area contributed by atoms with Crippen molar-refractivity contribution in [2.75, 3.05) is 0 Å². The summed E-state index contributed by atoms with van der Waals surface area (Å²) in [6, 6.07) is 0. The molecule has 0 radical (unpaired) electrons. The molecule has 0 aromatic rings. The third kappa shape index (κ3) is 5.01. The van der Waals surface area contributed by atoms with Crippen LogP contribution in [-0.4, -0.2) is 5.66 Å². The van der Waals surface area contributed by atoms with Crippen molar-refractivity contribution in [2.45, 2.75) is 98.6 Å². The first-order chi connectivity index (χ1) is 11.7. The van der Waals surface area contributed by atoms with Crippen LogP contribution in [0.1, 0.15) is 92.9 Å². The highest BCUT2D eigenvalue weighted by Crippen LogP contribution is 2.47. The Labute approximate surface area is 157 Å². The van der Waals surface area contributed by atoms with E-state index < -0.39 is 5.66 Å². The van der Waals surface area contributed by atoms with Crippen molar-refractivity contribution < 1.29 is 0 Å². The molecule has 2 fully saturated rings. The van der Waals surface area contributed by atoms with Crippen LogP contribution >= 0.6 is 0 Å². The molecule has 0 heterocycles. The quantitative estimate of drug-likeness (QED) is 0.595. The summed E-state index contributed by atoms with van der Waals surface area (Å²) in [5.74, 6) is 6.31. The Bertz CT molecular complexity index is 369. The zero-order valence-electron chi connectivity index (χ0n) is 17.9. The average Bonchev–Trinajstić information content (AvgIpc) is 2.55. The Morgan fingerprint density at radius 1 is 0.720 bits per heavy atom. The summed E-state index contributed by atoms with van der Waals surface area (Å²) in [4.78, 5) is 0. The minimum atomic E-state index is -0.437. The smallest absolute Gasteiger partial charge is 0.0694 e. The molecule has 2 aliphatic rings. The maximum atomic E-state index is 6.58. The highest BCUT2D eigenvalue weighted by Gasteiger charge is 2.44. The fraction of sp³-hybridized carbons (Fsp3) is 1.00. The van der Waals surface area contributed by atoms with E-state index in [1.165, 1.54) is 38.5 Å². The minimum Gasteiger partial charge on any atom is -0.313 e. The van der Waals surface area contributed by atoms with Gasteiger partial charge in [-0.1, -0.05) is 54.4 Å². The SMILES string of the molecule is CCC1CC(CC2CC(C(C)C)CC(C(C)C)C2)CC(CC)C1(N)N. The second kappa shape index (κ2) is 8.74. The van der Waals surface area contributed by atoms with E-state index in [0.717, 1.165) is 48.3 Å². The lowest BCUT2D eigenvalue weighted by Crippen LogP contribution is -2.63. The molecule has 4 atom stereocenters. The molecule has 4 N–H and O–H groups in total. The van der Waals surface area contributed by atoms with Crippen molar-refractivity contribution in [1.29, 1.82) is 0 Å². The highest BCUT2D eigenvalue weighted by atomic mass is 15.0. The number of nitrogens with two attached hydrogens (primary N) is 2. The van der Waals surface area contributed by atoms with Crippen molar-refractivity contribution in [3.63, 3.8) is 0 Å².